The smallest absolute Gasteiger partial charge is 0.196 e. The summed E-state index contributed by atoms with van der Waals surface area (Å²) in [4.78, 5) is 0. The summed E-state index contributed by atoms with van der Waals surface area (Å²) >= 11 is 0. The highest BCUT2D eigenvalue weighted by Gasteiger charge is 2.57. The lowest BCUT2D eigenvalue weighted by molar-refractivity contribution is -0.346. The largest absolute Gasteiger partial charge is 0.394 e. The molecule has 3 rings (SSSR count). The maximum atomic E-state index is 11.0. The molecule has 5 N–H and O–H groups in total. The lowest BCUT2D eigenvalue weighted by atomic mass is 9.97. The van der Waals surface area contributed by atoms with Crippen molar-refractivity contribution in [2.45, 2.75) is 127 Å². The number of aliphatic hydroxyl groups excluding tert-OH is 5. The third-order valence-corrected chi connectivity index (χ3v) is 12.7. The van der Waals surface area contributed by atoms with Crippen LogP contribution in [0.15, 0.2) is 0 Å². The molecule has 0 saturated carbocycles. The van der Waals surface area contributed by atoms with Crippen molar-refractivity contribution in [1.29, 1.82) is 0 Å². The summed E-state index contributed by atoms with van der Waals surface area (Å²) in [5.41, 5.74) is 0. The number of fused-ring (bicyclic) bond motifs is 1. The van der Waals surface area contributed by atoms with Crippen LogP contribution < -0.4 is 0 Å². The molecule has 0 aromatic heterocycles. The van der Waals surface area contributed by atoms with Crippen LogP contribution in [-0.4, -0.2) is 114 Å². The van der Waals surface area contributed by atoms with Gasteiger partial charge in [-0.2, -0.15) is 0 Å². The minimum atomic E-state index is -2.45. The Morgan fingerprint density at radius 2 is 1.40 bits per heavy atom. The molecule has 35 heavy (non-hydrogen) atoms. The molecule has 3 fully saturated rings. The van der Waals surface area contributed by atoms with E-state index in [1.165, 1.54) is 0 Å². The predicted molar refractivity (Wildman–Crippen MR) is 126 cm³/mol. The number of hydrogen-bond donors (Lipinski definition) is 5. The normalized spacial score (nSPS) is 42.3. The molecule has 0 spiro atoms. The van der Waals surface area contributed by atoms with Crippen LogP contribution in [0, 0.1) is 5.92 Å². The molecule has 11 nitrogen and oxygen atoms in total. The lowest BCUT2D eigenvalue weighted by Crippen LogP contribution is -2.65. The van der Waals surface area contributed by atoms with Gasteiger partial charge in [-0.25, -0.2) is 0 Å². The Morgan fingerprint density at radius 1 is 0.857 bits per heavy atom. The van der Waals surface area contributed by atoms with Gasteiger partial charge < -0.3 is 53.6 Å². The average Bonchev–Trinajstić information content (AvgIpc) is 3.10. The zero-order valence-corrected chi connectivity index (χ0v) is 23.0. The van der Waals surface area contributed by atoms with Crippen molar-refractivity contribution in [2.24, 2.45) is 5.92 Å². The molecular weight excluding hydrogens is 480 g/mol. The van der Waals surface area contributed by atoms with Crippen molar-refractivity contribution in [3.63, 3.8) is 0 Å². The fourth-order valence-corrected chi connectivity index (χ4v) is 7.19. The first-order chi connectivity index (χ1) is 16.1. The first kappa shape index (κ1) is 29.3. The summed E-state index contributed by atoms with van der Waals surface area (Å²) in [6, 6.07) is 0. The van der Waals surface area contributed by atoms with Crippen molar-refractivity contribution in [3.05, 3.63) is 0 Å². The second kappa shape index (κ2) is 10.5. The third kappa shape index (κ3) is 5.64. The van der Waals surface area contributed by atoms with E-state index >= 15 is 0 Å². The van der Waals surface area contributed by atoms with Crippen LogP contribution in [0.25, 0.3) is 0 Å². The Labute approximate surface area is 208 Å². The molecule has 1 unspecified atom stereocenters. The predicted octanol–water partition coefficient (Wildman–Crippen LogP) is 0.0667. The zero-order chi connectivity index (χ0) is 26.5. The van der Waals surface area contributed by atoms with E-state index in [9.17, 15) is 25.5 Å². The van der Waals surface area contributed by atoms with Crippen LogP contribution in [0.3, 0.4) is 0 Å². The first-order valence-corrected chi connectivity index (χ1v) is 15.2. The molecule has 3 heterocycles. The molecule has 0 aliphatic carbocycles. The quantitative estimate of drug-likeness (QED) is 0.274. The molecule has 3 aliphatic rings. The Morgan fingerprint density at radius 3 is 1.94 bits per heavy atom. The third-order valence-electron chi connectivity index (χ3n) is 8.15. The number of hydrogen-bond acceptors (Lipinski definition) is 11. The number of aliphatic hydroxyl groups is 5. The number of rotatable bonds is 8. The molecule has 0 radical (unpaired) electrons. The molecule has 3 aliphatic heterocycles. The van der Waals surface area contributed by atoms with Gasteiger partial charge in [0, 0.05) is 0 Å². The van der Waals surface area contributed by atoms with Gasteiger partial charge in [0.05, 0.1) is 13.2 Å². The van der Waals surface area contributed by atoms with Crippen molar-refractivity contribution >= 4 is 8.32 Å². The average molecular weight is 525 g/mol. The Kier molecular flexibility index (Phi) is 8.80. The van der Waals surface area contributed by atoms with Gasteiger partial charge in [-0.15, -0.1) is 0 Å². The molecule has 10 atom stereocenters. The van der Waals surface area contributed by atoms with Crippen LogP contribution in [-0.2, 0) is 28.1 Å². The van der Waals surface area contributed by atoms with Crippen LogP contribution in [0.2, 0.25) is 18.1 Å². The van der Waals surface area contributed by atoms with E-state index < -0.39 is 88.7 Å². The highest BCUT2D eigenvalue weighted by molar-refractivity contribution is 6.74. The van der Waals surface area contributed by atoms with E-state index in [2.05, 4.69) is 27.7 Å². The molecular formula is C23H44O11Si. The molecule has 0 bridgehead atoms. The van der Waals surface area contributed by atoms with Crippen LogP contribution >= 0.6 is 0 Å². The second-order valence-corrected chi connectivity index (χ2v) is 16.1. The minimum absolute atomic E-state index is 0.171. The van der Waals surface area contributed by atoms with E-state index in [-0.39, 0.29) is 5.04 Å². The fourth-order valence-electron chi connectivity index (χ4n) is 4.72. The van der Waals surface area contributed by atoms with E-state index in [4.69, 9.17) is 28.1 Å². The standard InChI is InChI=1S/C23H44O11Si/c1-11(2)22(3,4)35(7,8)34-21-15(27)14(26)17(12(9-24)30-21)31-20-16(28)19-18(13(10-25)29-20)32-23(5,6)33-19/h11-21,24-28H,9-10H2,1-8H3/t12-,13-,14-,15-,16-,17-,18+,19-,20+,21?/m1/s1. The minimum Gasteiger partial charge on any atom is -0.394 e. The summed E-state index contributed by atoms with van der Waals surface area (Å²) in [5.74, 6) is -0.691. The number of ether oxygens (including phenoxy) is 5. The second-order valence-electron chi connectivity index (χ2n) is 11.6. The Bertz CT molecular complexity index is 716. The molecule has 0 aromatic carbocycles. The van der Waals surface area contributed by atoms with Crippen molar-refractivity contribution < 1.29 is 53.6 Å². The van der Waals surface area contributed by atoms with Crippen LogP contribution in [0.4, 0.5) is 0 Å². The lowest BCUT2D eigenvalue weighted by Gasteiger charge is -2.49. The monoisotopic (exact) mass is 524 g/mol. The van der Waals surface area contributed by atoms with Gasteiger partial charge >= 0.3 is 0 Å². The van der Waals surface area contributed by atoms with Gasteiger partial charge in [0.25, 0.3) is 0 Å². The topological polar surface area (TPSA) is 157 Å². The van der Waals surface area contributed by atoms with Gasteiger partial charge in [0.2, 0.25) is 0 Å². The Hall–Kier alpha value is -0.223. The highest BCUT2D eigenvalue weighted by atomic mass is 28.4. The van der Waals surface area contributed by atoms with Crippen LogP contribution in [0.1, 0.15) is 41.5 Å². The molecule has 3 saturated heterocycles. The summed E-state index contributed by atoms with van der Waals surface area (Å²) in [7, 11) is -2.45. The summed E-state index contributed by atoms with van der Waals surface area (Å²) in [6.07, 6.45) is -11.5. The van der Waals surface area contributed by atoms with Gasteiger partial charge in [0.1, 0.15) is 48.8 Å². The van der Waals surface area contributed by atoms with Crippen molar-refractivity contribution in [1.82, 2.24) is 0 Å². The van der Waals surface area contributed by atoms with Gasteiger partial charge in [0.15, 0.2) is 26.7 Å². The summed E-state index contributed by atoms with van der Waals surface area (Å²) in [6.45, 7) is 14.9. The fraction of sp³-hybridized carbons (Fsp3) is 1.00. The summed E-state index contributed by atoms with van der Waals surface area (Å²) in [5, 5.41) is 52.3. The molecule has 0 aromatic rings. The molecule has 206 valence electrons. The molecule has 12 heteroatoms. The first-order valence-electron chi connectivity index (χ1n) is 12.3. The van der Waals surface area contributed by atoms with Crippen molar-refractivity contribution in [2.75, 3.05) is 13.2 Å². The highest BCUT2D eigenvalue weighted by Crippen LogP contribution is 2.46. The SMILES string of the molecule is CC(C)C(C)(C)[Si](C)(C)OC1O[C@H](CO)[C@@H](O[C@@H]2O[C@H](CO)[C@@H]3OC(C)(C)O[C@@H]3[C@H]2O)[C@H](O)[C@H]1O. The Balaban J connectivity index is 1.75. The van der Waals surface area contributed by atoms with E-state index in [0.717, 1.165) is 0 Å². The van der Waals surface area contributed by atoms with E-state index in [1.54, 1.807) is 13.8 Å². The van der Waals surface area contributed by atoms with Gasteiger partial charge in [-0.05, 0) is 37.9 Å². The maximum Gasteiger partial charge on any atom is 0.196 e. The summed E-state index contributed by atoms with van der Waals surface area (Å²) < 4.78 is 35.3. The van der Waals surface area contributed by atoms with Gasteiger partial charge in [-0.3, -0.25) is 0 Å². The maximum absolute atomic E-state index is 11.0. The molecule has 0 amide bonds. The van der Waals surface area contributed by atoms with E-state index in [0.29, 0.717) is 5.92 Å². The van der Waals surface area contributed by atoms with Crippen molar-refractivity contribution in [3.8, 4) is 0 Å². The van der Waals surface area contributed by atoms with Crippen LogP contribution in [0.5, 0.6) is 0 Å². The van der Waals surface area contributed by atoms with E-state index in [1.807, 2.05) is 13.1 Å². The zero-order valence-electron chi connectivity index (χ0n) is 22.0. The van der Waals surface area contributed by atoms with Gasteiger partial charge in [-0.1, -0.05) is 27.7 Å².